The molecule has 1 heterocycles. The summed E-state index contributed by atoms with van der Waals surface area (Å²) >= 11 is 0. The van der Waals surface area contributed by atoms with Crippen LogP contribution in [0, 0.1) is 22.7 Å². The molecule has 0 radical (unpaired) electrons. The van der Waals surface area contributed by atoms with E-state index in [2.05, 4.69) is 13.8 Å². The van der Waals surface area contributed by atoms with Gasteiger partial charge in [-0.1, -0.05) is 27.7 Å². The lowest BCUT2D eigenvalue weighted by Crippen LogP contribution is -2.51. The Hall–Kier alpha value is -0.660. The van der Waals surface area contributed by atoms with Crippen molar-refractivity contribution >= 4 is 15.9 Å². The van der Waals surface area contributed by atoms with Gasteiger partial charge in [0.1, 0.15) is 6.04 Å². The highest BCUT2D eigenvalue weighted by Gasteiger charge is 2.72. The van der Waals surface area contributed by atoms with E-state index in [1.54, 1.807) is 0 Å². The summed E-state index contributed by atoms with van der Waals surface area (Å²) in [6.45, 7) is 8.25. The first kappa shape index (κ1) is 18.1. The minimum Gasteiger partial charge on any atom is -0.313 e. The lowest BCUT2D eigenvalue weighted by atomic mass is 9.69. The number of hydroxylamine groups is 2. The Kier molecular flexibility index (Phi) is 4.09. The lowest BCUT2D eigenvalue weighted by Gasteiger charge is -2.37. The standard InChI is InChI=1S/C17H30N2O4S/c1-11(2)8-13(18(5)21)15(20)19-14-9-12-6-7-17(14,16(12,3)4)10-24(19,22)23/h11-14,21H,6-10H2,1-5H3/t12-,13-,14-,17-/m0/s1. The van der Waals surface area contributed by atoms with Gasteiger partial charge in [0.05, 0.1) is 11.8 Å². The SMILES string of the molecule is CC(C)C[C@@H](C(=O)N1[C@H]2C[C@@H]3CC[C@@]2(CS1(=O)=O)C3(C)C)N(C)O. The van der Waals surface area contributed by atoms with Crippen molar-refractivity contribution in [3.8, 4) is 0 Å². The minimum absolute atomic E-state index is 0.0571. The zero-order valence-electron chi connectivity index (χ0n) is 15.3. The van der Waals surface area contributed by atoms with Crippen molar-refractivity contribution in [2.45, 2.75) is 65.5 Å². The number of amides is 1. The third kappa shape index (κ3) is 2.27. The van der Waals surface area contributed by atoms with Crippen LogP contribution in [0.15, 0.2) is 0 Å². The third-order valence-corrected chi connectivity index (χ3v) is 8.97. The van der Waals surface area contributed by atoms with E-state index in [1.807, 2.05) is 13.8 Å². The number of carbonyl (C=O) groups excluding carboxylic acids is 1. The third-order valence-electron chi connectivity index (χ3n) is 7.06. The number of carbonyl (C=O) groups is 1. The van der Waals surface area contributed by atoms with Gasteiger partial charge in [-0.15, -0.1) is 0 Å². The van der Waals surface area contributed by atoms with Crippen LogP contribution in [0.4, 0.5) is 0 Å². The highest BCUT2D eigenvalue weighted by molar-refractivity contribution is 7.90. The first-order chi connectivity index (χ1) is 10.9. The van der Waals surface area contributed by atoms with E-state index in [4.69, 9.17) is 0 Å². The summed E-state index contributed by atoms with van der Waals surface area (Å²) in [5.41, 5.74) is -0.374. The molecule has 1 aliphatic heterocycles. The van der Waals surface area contributed by atoms with Crippen LogP contribution in [0.1, 0.15) is 53.4 Å². The molecule has 24 heavy (non-hydrogen) atoms. The molecule has 1 spiro atoms. The van der Waals surface area contributed by atoms with Crippen molar-refractivity contribution in [1.82, 2.24) is 9.37 Å². The number of rotatable bonds is 4. The molecule has 1 N–H and O–H groups in total. The summed E-state index contributed by atoms with van der Waals surface area (Å²) in [5, 5.41) is 10.8. The number of sulfonamides is 1. The molecule has 0 aromatic rings. The van der Waals surface area contributed by atoms with Crippen molar-refractivity contribution in [1.29, 1.82) is 0 Å². The van der Waals surface area contributed by atoms with E-state index in [9.17, 15) is 18.4 Å². The number of hydrogen-bond acceptors (Lipinski definition) is 5. The highest BCUT2D eigenvalue weighted by Crippen LogP contribution is 2.70. The van der Waals surface area contributed by atoms with Crippen molar-refractivity contribution in [3.05, 3.63) is 0 Å². The molecule has 4 atom stereocenters. The molecule has 0 unspecified atom stereocenters. The van der Waals surface area contributed by atoms with Crippen LogP contribution < -0.4 is 0 Å². The average molecular weight is 359 g/mol. The quantitative estimate of drug-likeness (QED) is 0.779. The lowest BCUT2D eigenvalue weighted by molar-refractivity contribution is -0.156. The molecule has 2 bridgehead atoms. The van der Waals surface area contributed by atoms with Crippen molar-refractivity contribution in [2.24, 2.45) is 22.7 Å². The van der Waals surface area contributed by atoms with E-state index < -0.39 is 22.0 Å². The van der Waals surface area contributed by atoms with Crippen molar-refractivity contribution in [2.75, 3.05) is 12.8 Å². The zero-order valence-corrected chi connectivity index (χ0v) is 16.1. The topological polar surface area (TPSA) is 77.9 Å². The van der Waals surface area contributed by atoms with E-state index >= 15 is 0 Å². The molecule has 0 aromatic carbocycles. The smallest absolute Gasteiger partial charge is 0.256 e. The summed E-state index contributed by atoms with van der Waals surface area (Å²) < 4.78 is 27.0. The fourth-order valence-electron chi connectivity index (χ4n) is 5.59. The predicted octanol–water partition coefficient (Wildman–Crippen LogP) is 2.09. The second kappa shape index (κ2) is 5.42. The molecule has 3 aliphatic rings. The Morgan fingerprint density at radius 3 is 2.50 bits per heavy atom. The number of hydrogen-bond donors (Lipinski definition) is 1. The molecule has 3 rings (SSSR count). The van der Waals surface area contributed by atoms with Gasteiger partial charge in [0.25, 0.3) is 5.91 Å². The normalized spacial score (nSPS) is 37.2. The fraction of sp³-hybridized carbons (Fsp3) is 0.941. The average Bonchev–Trinajstić information content (AvgIpc) is 2.90. The summed E-state index contributed by atoms with van der Waals surface area (Å²) in [6.07, 6.45) is 3.13. The molecule has 2 aliphatic carbocycles. The number of nitrogens with zero attached hydrogens (tertiary/aromatic N) is 2. The van der Waals surface area contributed by atoms with Crippen LogP contribution in [-0.2, 0) is 14.8 Å². The van der Waals surface area contributed by atoms with Gasteiger partial charge >= 0.3 is 0 Å². The molecule has 6 nitrogen and oxygen atoms in total. The predicted molar refractivity (Wildman–Crippen MR) is 90.8 cm³/mol. The van der Waals surface area contributed by atoms with Gasteiger partial charge in [-0.05, 0) is 42.9 Å². The van der Waals surface area contributed by atoms with Crippen LogP contribution in [0.5, 0.6) is 0 Å². The van der Waals surface area contributed by atoms with E-state index in [0.717, 1.165) is 28.6 Å². The van der Waals surface area contributed by atoms with E-state index in [1.165, 1.54) is 7.05 Å². The first-order valence-corrected chi connectivity index (χ1v) is 10.5. The van der Waals surface area contributed by atoms with Crippen molar-refractivity contribution < 1.29 is 18.4 Å². The van der Waals surface area contributed by atoms with Crippen LogP contribution >= 0.6 is 0 Å². The molecule has 1 saturated heterocycles. The summed E-state index contributed by atoms with van der Waals surface area (Å²) in [6, 6.07) is -1.05. The minimum atomic E-state index is -3.63. The molecule has 138 valence electrons. The maximum absolute atomic E-state index is 13.1. The molecule has 3 fully saturated rings. The van der Waals surface area contributed by atoms with Crippen LogP contribution in [-0.4, -0.2) is 53.8 Å². The second-order valence-corrected chi connectivity index (χ2v) is 10.8. The van der Waals surface area contributed by atoms with Gasteiger partial charge in [0.2, 0.25) is 10.0 Å². The van der Waals surface area contributed by atoms with Gasteiger partial charge in [0.15, 0.2) is 0 Å². The molecule has 2 saturated carbocycles. The fourth-order valence-corrected chi connectivity index (χ4v) is 8.16. The van der Waals surface area contributed by atoms with Gasteiger partial charge in [-0.2, -0.15) is 5.06 Å². The Morgan fingerprint density at radius 1 is 1.38 bits per heavy atom. The molecule has 0 aromatic heterocycles. The monoisotopic (exact) mass is 358 g/mol. The second-order valence-electron chi connectivity index (χ2n) is 8.97. The Bertz CT molecular complexity index is 643. The van der Waals surface area contributed by atoms with Gasteiger partial charge in [0, 0.05) is 12.5 Å². The zero-order chi connectivity index (χ0) is 18.1. The molecular weight excluding hydrogens is 328 g/mol. The van der Waals surface area contributed by atoms with Crippen LogP contribution in [0.25, 0.3) is 0 Å². The van der Waals surface area contributed by atoms with Gasteiger partial charge in [-0.3, -0.25) is 4.79 Å². The largest absolute Gasteiger partial charge is 0.313 e. The molecule has 1 amide bonds. The van der Waals surface area contributed by atoms with Crippen LogP contribution in [0.2, 0.25) is 0 Å². The van der Waals surface area contributed by atoms with E-state index in [-0.39, 0.29) is 28.5 Å². The first-order valence-electron chi connectivity index (χ1n) is 8.91. The summed E-state index contributed by atoms with van der Waals surface area (Å²) in [7, 11) is -2.20. The summed E-state index contributed by atoms with van der Waals surface area (Å²) in [4.78, 5) is 13.1. The maximum atomic E-state index is 13.1. The Labute approximate surface area is 145 Å². The van der Waals surface area contributed by atoms with Crippen LogP contribution in [0.3, 0.4) is 0 Å². The molecular formula is C17H30N2O4S. The molecule has 7 heteroatoms. The number of fused-ring (bicyclic) bond motifs is 1. The van der Waals surface area contributed by atoms with E-state index in [0.29, 0.717) is 12.3 Å². The summed E-state index contributed by atoms with van der Waals surface area (Å²) in [5.74, 6) is 0.274. The van der Waals surface area contributed by atoms with Crippen molar-refractivity contribution in [3.63, 3.8) is 0 Å². The van der Waals surface area contributed by atoms with Gasteiger partial charge < -0.3 is 5.21 Å². The Morgan fingerprint density at radius 2 is 2.00 bits per heavy atom. The maximum Gasteiger partial charge on any atom is 0.256 e. The van der Waals surface area contributed by atoms with Gasteiger partial charge in [-0.25, -0.2) is 12.7 Å². The highest BCUT2D eigenvalue weighted by atomic mass is 32.2. The Balaban J connectivity index is 1.98. The number of likely N-dealkylation sites (N-methyl/N-ethyl adjacent to an activating group) is 1.